The topological polar surface area (TPSA) is 81.7 Å². The van der Waals surface area contributed by atoms with E-state index in [2.05, 4.69) is 10.6 Å². The van der Waals surface area contributed by atoms with E-state index in [0.29, 0.717) is 11.6 Å². The molecular formula is C14H18ClN3O3. The molecule has 3 N–H and O–H groups in total. The first kappa shape index (κ1) is 15.6. The molecule has 1 aromatic carbocycles. The van der Waals surface area contributed by atoms with E-state index in [1.54, 1.807) is 36.1 Å². The van der Waals surface area contributed by atoms with Gasteiger partial charge in [0.1, 0.15) is 0 Å². The van der Waals surface area contributed by atoms with Crippen molar-refractivity contribution in [3.63, 3.8) is 0 Å². The van der Waals surface area contributed by atoms with Crippen LogP contribution in [0, 0.1) is 0 Å². The van der Waals surface area contributed by atoms with Crippen molar-refractivity contribution in [1.29, 1.82) is 0 Å². The molecule has 0 spiro atoms. The van der Waals surface area contributed by atoms with Crippen LogP contribution in [0.5, 0.6) is 0 Å². The van der Waals surface area contributed by atoms with Gasteiger partial charge < -0.3 is 20.6 Å². The van der Waals surface area contributed by atoms with Crippen molar-refractivity contribution < 1.29 is 14.7 Å². The molecule has 1 aliphatic heterocycles. The van der Waals surface area contributed by atoms with Crippen LogP contribution in [0.1, 0.15) is 13.3 Å². The normalized spacial score (nSPS) is 19.5. The van der Waals surface area contributed by atoms with Gasteiger partial charge in [-0.1, -0.05) is 11.6 Å². The van der Waals surface area contributed by atoms with Crippen molar-refractivity contribution in [1.82, 2.24) is 10.6 Å². The molecule has 1 aromatic rings. The molecule has 1 fully saturated rings. The van der Waals surface area contributed by atoms with Crippen LogP contribution < -0.4 is 15.5 Å². The van der Waals surface area contributed by atoms with E-state index in [0.717, 1.165) is 5.69 Å². The molecule has 1 saturated heterocycles. The van der Waals surface area contributed by atoms with Crippen molar-refractivity contribution in [2.75, 3.05) is 18.0 Å². The molecule has 2 atom stereocenters. The van der Waals surface area contributed by atoms with E-state index in [4.69, 9.17) is 16.7 Å². The van der Waals surface area contributed by atoms with Gasteiger partial charge in [-0.05, 0) is 31.2 Å². The summed E-state index contributed by atoms with van der Waals surface area (Å²) in [5, 5.41) is 15.0. The van der Waals surface area contributed by atoms with Crippen molar-refractivity contribution in [2.45, 2.75) is 25.5 Å². The number of nitrogens with zero attached hydrogens (tertiary/aromatic N) is 1. The highest BCUT2D eigenvalue weighted by atomic mass is 35.5. The Morgan fingerprint density at radius 1 is 1.48 bits per heavy atom. The third kappa shape index (κ3) is 4.34. The number of carbonyl (C=O) groups is 2. The minimum atomic E-state index is -0.605. The summed E-state index contributed by atoms with van der Waals surface area (Å²) in [6.45, 7) is 2.18. The van der Waals surface area contributed by atoms with Gasteiger partial charge in [0.15, 0.2) is 0 Å². The van der Waals surface area contributed by atoms with Gasteiger partial charge in [0.05, 0.1) is 12.1 Å². The molecule has 6 nitrogen and oxygen atoms in total. The quantitative estimate of drug-likeness (QED) is 0.779. The first-order valence-electron chi connectivity index (χ1n) is 6.74. The lowest BCUT2D eigenvalue weighted by atomic mass is 10.2. The molecule has 0 aliphatic carbocycles. The highest BCUT2D eigenvalue weighted by molar-refractivity contribution is 6.30. The maximum absolute atomic E-state index is 12.0. The van der Waals surface area contributed by atoms with E-state index < -0.39 is 6.10 Å². The number of anilines is 1. The third-order valence-electron chi connectivity index (χ3n) is 3.16. The third-order valence-corrected chi connectivity index (χ3v) is 3.41. The fourth-order valence-electron chi connectivity index (χ4n) is 2.15. The van der Waals surface area contributed by atoms with Crippen LogP contribution in [0.25, 0.3) is 0 Å². The fourth-order valence-corrected chi connectivity index (χ4v) is 2.28. The second kappa shape index (κ2) is 6.78. The van der Waals surface area contributed by atoms with Gasteiger partial charge in [-0.3, -0.25) is 4.79 Å². The van der Waals surface area contributed by atoms with E-state index in [1.807, 2.05) is 0 Å². The average Bonchev–Trinajstić information content (AvgIpc) is 2.78. The molecular weight excluding hydrogens is 294 g/mol. The Balaban J connectivity index is 1.90. The first-order valence-corrected chi connectivity index (χ1v) is 7.12. The average molecular weight is 312 g/mol. The van der Waals surface area contributed by atoms with Crippen LogP contribution in [0.4, 0.5) is 10.5 Å². The lowest BCUT2D eigenvalue weighted by Gasteiger charge is -2.17. The smallest absolute Gasteiger partial charge is 0.315 e. The Bertz CT molecular complexity index is 519. The number of hydrogen-bond acceptors (Lipinski definition) is 3. The molecule has 3 amide bonds. The Labute approximate surface area is 128 Å². The van der Waals surface area contributed by atoms with Gasteiger partial charge in [0.25, 0.3) is 0 Å². The Hall–Kier alpha value is -1.79. The molecule has 1 aliphatic rings. The Morgan fingerprint density at radius 3 is 2.76 bits per heavy atom. The molecule has 0 radical (unpaired) electrons. The van der Waals surface area contributed by atoms with Crippen molar-refractivity contribution in [2.24, 2.45) is 0 Å². The summed E-state index contributed by atoms with van der Waals surface area (Å²) in [6.07, 6.45) is -0.350. The summed E-state index contributed by atoms with van der Waals surface area (Å²) in [6, 6.07) is 6.36. The molecule has 21 heavy (non-hydrogen) atoms. The lowest BCUT2D eigenvalue weighted by Crippen LogP contribution is -2.45. The van der Waals surface area contributed by atoms with Crippen LogP contribution in [0.2, 0.25) is 5.02 Å². The summed E-state index contributed by atoms with van der Waals surface area (Å²) >= 11 is 5.82. The highest BCUT2D eigenvalue weighted by Crippen LogP contribution is 2.23. The first-order chi connectivity index (χ1) is 9.95. The standard InChI is InChI=1S/C14H18ClN3O3/c1-9(19)7-16-14(21)17-11-6-13(20)18(8-11)12-4-2-10(15)3-5-12/h2-5,9,11,19H,6-8H2,1H3,(H2,16,17,21)/t9-,11+/m0/s1. The monoisotopic (exact) mass is 311 g/mol. The minimum absolute atomic E-state index is 0.0434. The molecule has 0 aromatic heterocycles. The van der Waals surface area contributed by atoms with Crippen LogP contribution >= 0.6 is 11.6 Å². The Morgan fingerprint density at radius 2 is 2.14 bits per heavy atom. The molecule has 7 heteroatoms. The number of benzene rings is 1. The van der Waals surface area contributed by atoms with Crippen molar-refractivity contribution in [3.8, 4) is 0 Å². The van der Waals surface area contributed by atoms with Crippen molar-refractivity contribution in [3.05, 3.63) is 29.3 Å². The number of carbonyl (C=O) groups excluding carboxylic acids is 2. The number of urea groups is 1. The summed E-state index contributed by atoms with van der Waals surface area (Å²) in [5.41, 5.74) is 0.762. The van der Waals surface area contributed by atoms with Crippen LogP contribution in [-0.2, 0) is 4.79 Å². The summed E-state index contributed by atoms with van der Waals surface area (Å²) in [5.74, 6) is -0.0434. The molecule has 2 rings (SSSR count). The second-order valence-electron chi connectivity index (χ2n) is 5.09. The summed E-state index contributed by atoms with van der Waals surface area (Å²) in [4.78, 5) is 25.2. The predicted molar refractivity (Wildman–Crippen MR) is 80.4 cm³/mol. The van der Waals surface area contributed by atoms with Gasteiger partial charge in [0, 0.05) is 30.2 Å². The minimum Gasteiger partial charge on any atom is -0.392 e. The zero-order chi connectivity index (χ0) is 15.4. The van der Waals surface area contributed by atoms with Crippen LogP contribution in [0.15, 0.2) is 24.3 Å². The zero-order valence-electron chi connectivity index (χ0n) is 11.7. The van der Waals surface area contributed by atoms with Crippen molar-refractivity contribution >= 4 is 29.2 Å². The van der Waals surface area contributed by atoms with Gasteiger partial charge in [-0.2, -0.15) is 0 Å². The molecule has 1 heterocycles. The number of nitrogens with one attached hydrogen (secondary N) is 2. The number of rotatable bonds is 4. The number of halogens is 1. The van der Waals surface area contributed by atoms with Gasteiger partial charge >= 0.3 is 6.03 Å². The number of aliphatic hydroxyl groups excluding tert-OH is 1. The van der Waals surface area contributed by atoms with Gasteiger partial charge in [-0.15, -0.1) is 0 Å². The molecule has 0 bridgehead atoms. The largest absolute Gasteiger partial charge is 0.392 e. The van der Waals surface area contributed by atoms with E-state index in [-0.39, 0.29) is 30.9 Å². The zero-order valence-corrected chi connectivity index (χ0v) is 12.4. The summed E-state index contributed by atoms with van der Waals surface area (Å²) in [7, 11) is 0. The number of hydrogen-bond donors (Lipinski definition) is 3. The highest BCUT2D eigenvalue weighted by Gasteiger charge is 2.31. The molecule has 0 saturated carbocycles. The second-order valence-corrected chi connectivity index (χ2v) is 5.52. The molecule has 114 valence electrons. The number of aliphatic hydroxyl groups is 1. The van der Waals surface area contributed by atoms with E-state index in [9.17, 15) is 9.59 Å². The van der Waals surface area contributed by atoms with Crippen LogP contribution in [-0.4, -0.2) is 42.3 Å². The van der Waals surface area contributed by atoms with E-state index >= 15 is 0 Å². The summed E-state index contributed by atoms with van der Waals surface area (Å²) < 4.78 is 0. The predicted octanol–water partition coefficient (Wildman–Crippen LogP) is 1.13. The van der Waals surface area contributed by atoms with E-state index in [1.165, 1.54) is 0 Å². The van der Waals surface area contributed by atoms with Gasteiger partial charge in [0.2, 0.25) is 5.91 Å². The number of amides is 3. The Kier molecular flexibility index (Phi) is 5.03. The molecule has 0 unspecified atom stereocenters. The maximum Gasteiger partial charge on any atom is 0.315 e. The fraction of sp³-hybridized carbons (Fsp3) is 0.429. The SMILES string of the molecule is C[C@H](O)CNC(=O)N[C@@H]1CC(=O)N(c2ccc(Cl)cc2)C1. The lowest BCUT2D eigenvalue weighted by molar-refractivity contribution is -0.117. The van der Waals surface area contributed by atoms with Crippen LogP contribution in [0.3, 0.4) is 0 Å². The van der Waals surface area contributed by atoms with Gasteiger partial charge in [-0.25, -0.2) is 4.79 Å². The maximum atomic E-state index is 12.0.